The Balaban J connectivity index is 1.49. The highest BCUT2D eigenvalue weighted by Crippen LogP contribution is 2.39. The molecule has 0 amide bonds. The van der Waals surface area contributed by atoms with Gasteiger partial charge in [-0.25, -0.2) is 26.2 Å². The average Bonchev–Trinajstić information content (AvgIpc) is 3.48. The van der Waals surface area contributed by atoms with Crippen molar-refractivity contribution in [3.05, 3.63) is 78.8 Å². The van der Waals surface area contributed by atoms with Crippen LogP contribution in [0.5, 0.6) is 0 Å². The minimum Gasteiger partial charge on any atom is -0.331 e. The van der Waals surface area contributed by atoms with E-state index in [0.29, 0.717) is 28.7 Å². The normalized spacial score (nSPS) is 22.8. The van der Waals surface area contributed by atoms with E-state index in [4.69, 9.17) is 5.84 Å². The second kappa shape index (κ2) is 10.00. The Kier molecular flexibility index (Phi) is 6.91. The van der Waals surface area contributed by atoms with Crippen molar-refractivity contribution >= 4 is 26.6 Å². The van der Waals surface area contributed by atoms with Crippen LogP contribution in [0, 0.1) is 0 Å². The van der Waals surface area contributed by atoms with Gasteiger partial charge < -0.3 is 5.43 Å². The number of alkyl halides is 2. The molecule has 37 heavy (non-hydrogen) atoms. The monoisotopic (exact) mass is 527 g/mol. The Morgan fingerprint density at radius 3 is 2.54 bits per heavy atom. The zero-order valence-corrected chi connectivity index (χ0v) is 21.3. The largest absolute Gasteiger partial charge is 0.331 e. The summed E-state index contributed by atoms with van der Waals surface area (Å²) in [5, 5.41) is 0.680. The van der Waals surface area contributed by atoms with Crippen LogP contribution < -0.4 is 11.3 Å². The molecule has 5 rings (SSSR count). The van der Waals surface area contributed by atoms with Gasteiger partial charge in [-0.05, 0) is 55.4 Å². The van der Waals surface area contributed by atoms with E-state index in [1.165, 1.54) is 3.97 Å². The van der Waals surface area contributed by atoms with E-state index in [0.717, 1.165) is 31.2 Å². The third kappa shape index (κ3) is 4.93. The van der Waals surface area contributed by atoms with E-state index in [1.54, 1.807) is 55.0 Å². The van der Waals surface area contributed by atoms with E-state index in [2.05, 4.69) is 17.0 Å². The van der Waals surface area contributed by atoms with Crippen molar-refractivity contribution in [2.24, 2.45) is 5.84 Å². The highest BCUT2D eigenvalue weighted by atomic mass is 32.2. The van der Waals surface area contributed by atoms with E-state index >= 15 is 0 Å². The molecule has 2 aromatic heterocycles. The zero-order chi connectivity index (χ0) is 26.2. The lowest BCUT2D eigenvalue weighted by Crippen LogP contribution is -2.37. The van der Waals surface area contributed by atoms with Crippen molar-refractivity contribution in [3.63, 3.8) is 0 Å². The van der Waals surface area contributed by atoms with Gasteiger partial charge in [0.1, 0.15) is 0 Å². The van der Waals surface area contributed by atoms with Crippen LogP contribution in [0.1, 0.15) is 49.1 Å². The zero-order valence-electron chi connectivity index (χ0n) is 20.5. The molecule has 7 nitrogen and oxygen atoms in total. The number of hydrogen-bond donors (Lipinski definition) is 2. The number of hydrogen-bond acceptors (Lipinski definition) is 6. The van der Waals surface area contributed by atoms with Gasteiger partial charge in [-0.2, -0.15) is 0 Å². The highest BCUT2D eigenvalue weighted by Gasteiger charge is 2.41. The molecule has 0 atom stereocenters. The van der Waals surface area contributed by atoms with Gasteiger partial charge in [0.15, 0.2) is 5.65 Å². The van der Waals surface area contributed by atoms with Crippen molar-refractivity contribution in [1.82, 2.24) is 19.3 Å². The lowest BCUT2D eigenvalue weighted by atomic mass is 9.81. The fourth-order valence-corrected chi connectivity index (χ4v) is 6.97. The summed E-state index contributed by atoms with van der Waals surface area (Å²) in [6, 6.07) is 10.4. The highest BCUT2D eigenvalue weighted by molar-refractivity contribution is 7.90. The summed E-state index contributed by atoms with van der Waals surface area (Å²) in [5.74, 6) is 3.18. The number of pyridine rings is 1. The number of fused-ring (bicyclic) bond motifs is 1. The van der Waals surface area contributed by atoms with Crippen molar-refractivity contribution in [2.45, 2.75) is 54.9 Å². The number of nitrogens with zero attached hydrogens (tertiary/aromatic N) is 3. The molecule has 0 bridgehead atoms. The number of hydrazine groups is 1. The van der Waals surface area contributed by atoms with Crippen LogP contribution in [0.2, 0.25) is 0 Å². The minimum atomic E-state index is -3.89. The molecule has 0 radical (unpaired) electrons. The van der Waals surface area contributed by atoms with Crippen LogP contribution in [-0.4, -0.2) is 47.3 Å². The molecule has 1 aliphatic carbocycles. The summed E-state index contributed by atoms with van der Waals surface area (Å²) in [5.41, 5.74) is 5.11. The SMILES string of the molecule is C=C/C(=C\NN)c1cn(S(=O)(=O)c2ccccc2)c2ncc([C@H]3CC[C@H](N4CCC(F)(F)C4)CC3)cc12. The topological polar surface area (TPSA) is 93.2 Å². The maximum absolute atomic E-state index is 13.7. The number of halogens is 2. The Bertz CT molecular complexity index is 1430. The molecule has 3 heterocycles. The number of nitrogens with one attached hydrogen (secondary N) is 1. The van der Waals surface area contributed by atoms with E-state index in [-0.39, 0.29) is 29.8 Å². The number of aromatic nitrogens is 2. The second-order valence-electron chi connectivity index (χ2n) is 9.85. The first-order chi connectivity index (χ1) is 17.7. The average molecular weight is 528 g/mol. The Labute approximate surface area is 215 Å². The summed E-state index contributed by atoms with van der Waals surface area (Å²) in [6.45, 7) is 4.17. The summed E-state index contributed by atoms with van der Waals surface area (Å²) in [7, 11) is -3.89. The summed E-state index contributed by atoms with van der Waals surface area (Å²) < 4.78 is 55.6. The molecule has 1 aromatic carbocycles. The van der Waals surface area contributed by atoms with Crippen molar-refractivity contribution in [3.8, 4) is 0 Å². The molecule has 3 aromatic rings. The molecule has 1 saturated carbocycles. The van der Waals surface area contributed by atoms with Gasteiger partial charge in [-0.15, -0.1) is 0 Å². The first-order valence-electron chi connectivity index (χ1n) is 12.5. The number of rotatable bonds is 7. The van der Waals surface area contributed by atoms with Gasteiger partial charge >= 0.3 is 0 Å². The van der Waals surface area contributed by atoms with Gasteiger partial charge in [-0.3, -0.25) is 10.7 Å². The van der Waals surface area contributed by atoms with Gasteiger partial charge in [0.2, 0.25) is 0 Å². The molecule has 10 heteroatoms. The predicted octanol–water partition coefficient (Wildman–Crippen LogP) is 4.63. The molecule has 196 valence electrons. The maximum atomic E-state index is 13.7. The van der Waals surface area contributed by atoms with Gasteiger partial charge in [0.25, 0.3) is 15.9 Å². The van der Waals surface area contributed by atoms with Crippen molar-refractivity contribution in [2.75, 3.05) is 13.1 Å². The number of benzene rings is 1. The summed E-state index contributed by atoms with van der Waals surface area (Å²) in [6.07, 6.45) is 9.85. The molecule has 1 aliphatic heterocycles. The quantitative estimate of drug-likeness (QED) is 0.264. The van der Waals surface area contributed by atoms with Gasteiger partial charge in [0.05, 0.1) is 11.4 Å². The lowest BCUT2D eigenvalue weighted by Gasteiger charge is -2.34. The molecule has 3 N–H and O–H groups in total. The molecule has 0 spiro atoms. The maximum Gasteiger partial charge on any atom is 0.269 e. The Hall–Kier alpha value is -3.08. The predicted molar refractivity (Wildman–Crippen MR) is 140 cm³/mol. The summed E-state index contributed by atoms with van der Waals surface area (Å²) >= 11 is 0. The number of likely N-dealkylation sites (tertiary alicyclic amines) is 1. The molecular formula is C27H31F2N5O2S. The Morgan fingerprint density at radius 2 is 1.92 bits per heavy atom. The van der Waals surface area contributed by atoms with Crippen molar-refractivity contribution in [1.29, 1.82) is 0 Å². The fraction of sp³-hybridized carbons (Fsp3) is 0.370. The minimum absolute atomic E-state index is 0.0595. The van der Waals surface area contributed by atoms with Crippen LogP contribution in [0.25, 0.3) is 16.6 Å². The van der Waals surface area contributed by atoms with E-state index in [9.17, 15) is 17.2 Å². The van der Waals surface area contributed by atoms with E-state index < -0.39 is 15.9 Å². The molecule has 2 aliphatic rings. The molecular weight excluding hydrogens is 496 g/mol. The molecule has 2 fully saturated rings. The number of allylic oxidation sites excluding steroid dienone is 2. The van der Waals surface area contributed by atoms with Crippen molar-refractivity contribution < 1.29 is 17.2 Å². The molecule has 1 saturated heterocycles. The van der Waals surface area contributed by atoms with Gasteiger partial charge in [-0.1, -0.05) is 30.9 Å². The second-order valence-corrected chi connectivity index (χ2v) is 11.7. The van der Waals surface area contributed by atoms with Crippen LogP contribution >= 0.6 is 0 Å². The fourth-order valence-electron chi connectivity index (χ4n) is 5.62. The smallest absolute Gasteiger partial charge is 0.269 e. The van der Waals surface area contributed by atoms with Crippen LogP contribution in [0.4, 0.5) is 8.78 Å². The standard InChI is InChI=1S/C27H31F2N5O2S/c1-2-19(16-32-30)25-17-34(37(35,36)23-6-4-3-5-7-23)26-24(25)14-21(15-31-26)20-8-10-22(11-9-20)33-13-12-27(28,29)18-33/h2-7,14-17,20,22,32H,1,8-13,18,30H2/b19-16+/t20-,22-. The third-order valence-corrected chi connectivity index (χ3v) is 9.25. The van der Waals surface area contributed by atoms with Crippen LogP contribution in [0.15, 0.2) is 72.5 Å². The van der Waals surface area contributed by atoms with Gasteiger partial charge in [0, 0.05) is 54.1 Å². The van der Waals surface area contributed by atoms with Crippen LogP contribution in [0.3, 0.4) is 0 Å². The Morgan fingerprint density at radius 1 is 1.19 bits per heavy atom. The number of nitrogens with two attached hydrogens (primary N) is 1. The first kappa shape index (κ1) is 25.6. The first-order valence-corrected chi connectivity index (χ1v) is 13.9. The molecule has 0 unspecified atom stereocenters. The van der Waals surface area contributed by atoms with Crippen LogP contribution in [-0.2, 0) is 10.0 Å². The lowest BCUT2D eigenvalue weighted by molar-refractivity contribution is 0.00517. The summed E-state index contributed by atoms with van der Waals surface area (Å²) in [4.78, 5) is 6.72. The van der Waals surface area contributed by atoms with E-state index in [1.807, 2.05) is 11.0 Å². The third-order valence-electron chi connectivity index (χ3n) is 7.59.